The predicted molar refractivity (Wildman–Crippen MR) is 80.1 cm³/mol. The third kappa shape index (κ3) is 3.65. The molecule has 0 saturated carbocycles. The highest BCUT2D eigenvalue weighted by Crippen LogP contribution is 2.21. The van der Waals surface area contributed by atoms with Gasteiger partial charge in [-0.25, -0.2) is 0 Å². The van der Waals surface area contributed by atoms with Crippen LogP contribution in [0.1, 0.15) is 30.1 Å². The Kier molecular flexibility index (Phi) is 4.67. The van der Waals surface area contributed by atoms with E-state index in [0.29, 0.717) is 30.0 Å². The minimum atomic E-state index is -0.205. The smallest absolute Gasteiger partial charge is 0.251 e. The van der Waals surface area contributed by atoms with Gasteiger partial charge in [0.15, 0.2) is 0 Å². The zero-order valence-corrected chi connectivity index (χ0v) is 12.4. The first-order valence-corrected chi connectivity index (χ1v) is 7.03. The molecular weight excluding hydrogens is 270 g/mol. The van der Waals surface area contributed by atoms with Crippen LogP contribution >= 0.6 is 0 Å². The Morgan fingerprint density at radius 2 is 2.29 bits per heavy atom. The summed E-state index contributed by atoms with van der Waals surface area (Å²) in [4.78, 5) is 25.5. The number of anilines is 1. The Morgan fingerprint density at radius 1 is 1.52 bits per heavy atom. The average Bonchev–Trinajstić information content (AvgIpc) is 2.84. The van der Waals surface area contributed by atoms with Crippen molar-refractivity contribution in [3.05, 3.63) is 23.8 Å². The molecule has 0 aliphatic carbocycles. The monoisotopic (exact) mass is 291 g/mol. The normalized spacial score (nSPS) is 15.9. The molecule has 1 unspecified atom stereocenters. The van der Waals surface area contributed by atoms with E-state index in [1.54, 1.807) is 23.1 Å². The molecule has 1 aliphatic rings. The summed E-state index contributed by atoms with van der Waals surface area (Å²) in [7, 11) is 1.53. The van der Waals surface area contributed by atoms with Crippen LogP contribution in [0.5, 0.6) is 5.75 Å². The number of nitrogen functional groups attached to an aromatic ring is 1. The Hall–Kier alpha value is -2.24. The molecular formula is C15H21N3O3. The van der Waals surface area contributed by atoms with Crippen LogP contribution in [-0.2, 0) is 4.79 Å². The Morgan fingerprint density at radius 3 is 2.86 bits per heavy atom. The van der Waals surface area contributed by atoms with Crippen LogP contribution in [0.4, 0.5) is 5.69 Å². The molecule has 0 spiro atoms. The molecule has 114 valence electrons. The number of nitrogens with two attached hydrogens (primary N) is 1. The molecule has 1 aromatic carbocycles. The van der Waals surface area contributed by atoms with Crippen molar-refractivity contribution in [2.75, 3.05) is 25.9 Å². The van der Waals surface area contributed by atoms with Crippen LogP contribution in [0.3, 0.4) is 0 Å². The summed E-state index contributed by atoms with van der Waals surface area (Å²) in [6, 6.07) is 4.81. The number of hydrogen-bond donors (Lipinski definition) is 2. The van der Waals surface area contributed by atoms with Crippen LogP contribution in [0.15, 0.2) is 18.2 Å². The number of methoxy groups -OCH3 is 1. The van der Waals surface area contributed by atoms with E-state index in [-0.39, 0.29) is 17.9 Å². The summed E-state index contributed by atoms with van der Waals surface area (Å²) in [6.07, 6.45) is 1.50. The molecule has 1 atom stereocenters. The lowest BCUT2D eigenvalue weighted by atomic mass is 10.1. The number of benzene rings is 1. The second-order valence-corrected chi connectivity index (χ2v) is 5.27. The molecule has 2 amide bonds. The lowest BCUT2D eigenvalue weighted by molar-refractivity contribution is -0.127. The van der Waals surface area contributed by atoms with Gasteiger partial charge >= 0.3 is 0 Å². The summed E-state index contributed by atoms with van der Waals surface area (Å²) in [6.45, 7) is 3.20. The highest BCUT2D eigenvalue weighted by Gasteiger charge is 2.22. The van der Waals surface area contributed by atoms with Crippen molar-refractivity contribution in [3.63, 3.8) is 0 Å². The Balaban J connectivity index is 1.94. The molecule has 1 aromatic rings. The lowest BCUT2D eigenvalue weighted by Crippen LogP contribution is -2.42. The molecule has 6 nitrogen and oxygen atoms in total. The van der Waals surface area contributed by atoms with E-state index >= 15 is 0 Å². The van der Waals surface area contributed by atoms with E-state index in [1.165, 1.54) is 7.11 Å². The first kappa shape index (κ1) is 15.2. The number of ether oxygens (including phenoxy) is 1. The summed E-state index contributed by atoms with van der Waals surface area (Å²) >= 11 is 0. The van der Waals surface area contributed by atoms with E-state index in [4.69, 9.17) is 10.5 Å². The van der Waals surface area contributed by atoms with Gasteiger partial charge in [-0.05, 0) is 31.5 Å². The molecule has 21 heavy (non-hydrogen) atoms. The van der Waals surface area contributed by atoms with Crippen LogP contribution in [0.2, 0.25) is 0 Å². The van der Waals surface area contributed by atoms with E-state index in [9.17, 15) is 9.59 Å². The fourth-order valence-electron chi connectivity index (χ4n) is 2.46. The number of likely N-dealkylation sites (tertiary alicyclic amines) is 1. The van der Waals surface area contributed by atoms with E-state index in [0.717, 1.165) is 13.0 Å². The van der Waals surface area contributed by atoms with Gasteiger partial charge in [-0.15, -0.1) is 0 Å². The second-order valence-electron chi connectivity index (χ2n) is 5.27. The van der Waals surface area contributed by atoms with Gasteiger partial charge in [0.2, 0.25) is 5.91 Å². The van der Waals surface area contributed by atoms with Gasteiger partial charge in [-0.3, -0.25) is 9.59 Å². The lowest BCUT2D eigenvalue weighted by Gasteiger charge is -2.21. The van der Waals surface area contributed by atoms with E-state index < -0.39 is 0 Å². The predicted octanol–water partition coefficient (Wildman–Crippen LogP) is 1.02. The van der Waals surface area contributed by atoms with Gasteiger partial charge in [-0.2, -0.15) is 0 Å². The zero-order valence-electron chi connectivity index (χ0n) is 12.4. The van der Waals surface area contributed by atoms with Crippen LogP contribution in [0.25, 0.3) is 0 Å². The summed E-state index contributed by atoms with van der Waals surface area (Å²) in [5, 5.41) is 2.88. The number of rotatable bonds is 5. The highest BCUT2D eigenvalue weighted by molar-refractivity contribution is 5.95. The van der Waals surface area contributed by atoms with Crippen molar-refractivity contribution < 1.29 is 14.3 Å². The maximum absolute atomic E-state index is 12.2. The van der Waals surface area contributed by atoms with Crippen molar-refractivity contribution in [1.82, 2.24) is 10.2 Å². The molecule has 2 rings (SSSR count). The van der Waals surface area contributed by atoms with Gasteiger partial charge < -0.3 is 20.7 Å². The highest BCUT2D eigenvalue weighted by atomic mass is 16.5. The average molecular weight is 291 g/mol. The van der Waals surface area contributed by atoms with Gasteiger partial charge in [-0.1, -0.05) is 0 Å². The Bertz CT molecular complexity index is 545. The quantitative estimate of drug-likeness (QED) is 0.793. The first-order chi connectivity index (χ1) is 10.0. The van der Waals surface area contributed by atoms with Crippen molar-refractivity contribution in [2.45, 2.75) is 25.8 Å². The summed E-state index contributed by atoms with van der Waals surface area (Å²) in [5.74, 6) is 0.496. The van der Waals surface area contributed by atoms with Crippen molar-refractivity contribution in [3.8, 4) is 5.75 Å². The fourth-order valence-corrected chi connectivity index (χ4v) is 2.46. The van der Waals surface area contributed by atoms with Crippen LogP contribution < -0.4 is 15.8 Å². The number of carbonyl (C=O) groups excluding carboxylic acids is 2. The molecule has 1 saturated heterocycles. The minimum absolute atomic E-state index is 0.108. The maximum atomic E-state index is 12.2. The molecule has 1 fully saturated rings. The van der Waals surface area contributed by atoms with E-state index in [2.05, 4.69) is 5.32 Å². The van der Waals surface area contributed by atoms with Crippen molar-refractivity contribution in [1.29, 1.82) is 0 Å². The van der Waals surface area contributed by atoms with Crippen LogP contribution in [-0.4, -0.2) is 43.0 Å². The minimum Gasteiger partial charge on any atom is -0.495 e. The standard InChI is InChI=1S/C15H21N3O3/c1-10(9-18-7-3-4-14(18)19)17-15(20)11-5-6-13(21-2)12(16)8-11/h5-6,8,10H,3-4,7,9,16H2,1-2H3,(H,17,20). The number of nitrogens with zero attached hydrogens (tertiary/aromatic N) is 1. The molecule has 1 aliphatic heterocycles. The number of amides is 2. The van der Waals surface area contributed by atoms with Gasteiger partial charge in [0, 0.05) is 31.1 Å². The number of carbonyl (C=O) groups is 2. The zero-order chi connectivity index (χ0) is 15.4. The first-order valence-electron chi connectivity index (χ1n) is 7.03. The molecule has 3 N–H and O–H groups in total. The number of nitrogens with one attached hydrogen (secondary N) is 1. The maximum Gasteiger partial charge on any atom is 0.251 e. The largest absolute Gasteiger partial charge is 0.495 e. The third-order valence-corrected chi connectivity index (χ3v) is 3.54. The topological polar surface area (TPSA) is 84.7 Å². The Labute approximate surface area is 124 Å². The molecule has 0 aromatic heterocycles. The summed E-state index contributed by atoms with van der Waals surface area (Å²) in [5.41, 5.74) is 6.70. The van der Waals surface area contributed by atoms with Gasteiger partial charge in [0.25, 0.3) is 5.91 Å². The molecule has 0 radical (unpaired) electrons. The summed E-state index contributed by atoms with van der Waals surface area (Å²) < 4.78 is 5.06. The van der Waals surface area contributed by atoms with Crippen molar-refractivity contribution in [2.24, 2.45) is 0 Å². The van der Waals surface area contributed by atoms with Crippen molar-refractivity contribution >= 4 is 17.5 Å². The number of hydrogen-bond acceptors (Lipinski definition) is 4. The molecule has 0 bridgehead atoms. The fraction of sp³-hybridized carbons (Fsp3) is 0.467. The van der Waals surface area contributed by atoms with Gasteiger partial charge in [0.1, 0.15) is 5.75 Å². The molecule has 6 heteroatoms. The van der Waals surface area contributed by atoms with Crippen LogP contribution in [0, 0.1) is 0 Å². The second kappa shape index (κ2) is 6.47. The SMILES string of the molecule is COc1ccc(C(=O)NC(C)CN2CCCC2=O)cc1N. The molecule has 1 heterocycles. The van der Waals surface area contributed by atoms with E-state index in [1.807, 2.05) is 6.92 Å². The third-order valence-electron chi connectivity index (χ3n) is 3.54. The van der Waals surface area contributed by atoms with Gasteiger partial charge in [0.05, 0.1) is 12.8 Å².